The average molecular weight is 473 g/mol. The van der Waals surface area contributed by atoms with Gasteiger partial charge in [-0.15, -0.1) is 10.2 Å². The van der Waals surface area contributed by atoms with Crippen molar-refractivity contribution in [2.75, 3.05) is 11.7 Å². The molecule has 1 saturated carbocycles. The molecule has 35 heavy (non-hydrogen) atoms. The van der Waals surface area contributed by atoms with Gasteiger partial charge in [-0.1, -0.05) is 12.5 Å². The van der Waals surface area contributed by atoms with Gasteiger partial charge in [0, 0.05) is 35.9 Å². The van der Waals surface area contributed by atoms with Crippen LogP contribution in [0.4, 0.5) is 5.82 Å². The Morgan fingerprint density at radius 2 is 1.74 bits per heavy atom. The third-order valence-corrected chi connectivity index (χ3v) is 7.64. The van der Waals surface area contributed by atoms with Crippen molar-refractivity contribution in [1.82, 2.24) is 25.5 Å². The van der Waals surface area contributed by atoms with Crippen LogP contribution in [0.2, 0.25) is 0 Å². The van der Waals surface area contributed by atoms with Crippen molar-refractivity contribution < 1.29 is 14.6 Å². The fraction of sp³-hybridized carbons (Fsp3) is 0.462. The standard InChI is InChI=1S/C26H28N6O3/c33-22-8-15(16-9-23-26(28-12-16)35-14-34-23)4-7-21(22)25-27-13-24(30-31-25)32(19-5-6-19)20-10-17-2-1-3-18(11-20)29-17/h4,7-9,12-13,17-20,29,33H,1-3,5-6,10-11,14H2/t17-,18+,20-. The van der Waals surface area contributed by atoms with Gasteiger partial charge in [0.05, 0.1) is 11.8 Å². The molecule has 3 atom stereocenters. The Labute approximate surface area is 203 Å². The number of benzene rings is 1. The number of anilines is 1. The number of phenolic OH excluding ortho intramolecular Hbond substituents is 1. The number of fused-ring (bicyclic) bond motifs is 3. The molecule has 2 bridgehead atoms. The fourth-order valence-corrected chi connectivity index (χ4v) is 5.85. The summed E-state index contributed by atoms with van der Waals surface area (Å²) >= 11 is 0. The van der Waals surface area contributed by atoms with Crippen LogP contribution in [0, 0.1) is 0 Å². The third-order valence-electron chi connectivity index (χ3n) is 7.64. The maximum atomic E-state index is 10.8. The van der Waals surface area contributed by atoms with Crippen LogP contribution in [0.5, 0.6) is 17.4 Å². The number of ether oxygens (including phenoxy) is 2. The van der Waals surface area contributed by atoms with Crippen LogP contribution in [0.3, 0.4) is 0 Å². The van der Waals surface area contributed by atoms with Crippen molar-refractivity contribution in [3.05, 3.63) is 36.7 Å². The molecule has 5 heterocycles. The molecule has 2 aromatic heterocycles. The molecule has 3 aliphatic heterocycles. The lowest BCUT2D eigenvalue weighted by atomic mass is 9.83. The van der Waals surface area contributed by atoms with E-state index in [2.05, 4.69) is 30.4 Å². The molecule has 0 amide bonds. The van der Waals surface area contributed by atoms with Crippen molar-refractivity contribution in [1.29, 1.82) is 0 Å². The van der Waals surface area contributed by atoms with Gasteiger partial charge in [0.25, 0.3) is 5.88 Å². The molecule has 7 rings (SSSR count). The highest BCUT2D eigenvalue weighted by Gasteiger charge is 2.40. The highest BCUT2D eigenvalue weighted by atomic mass is 16.7. The summed E-state index contributed by atoms with van der Waals surface area (Å²) in [5.41, 5.74) is 2.20. The molecule has 9 nitrogen and oxygen atoms in total. The highest BCUT2D eigenvalue weighted by Crippen LogP contribution is 2.39. The van der Waals surface area contributed by atoms with E-state index in [1.165, 1.54) is 32.1 Å². The molecule has 4 aliphatic rings. The Morgan fingerprint density at radius 3 is 2.49 bits per heavy atom. The second-order valence-corrected chi connectivity index (χ2v) is 10.1. The zero-order chi connectivity index (χ0) is 23.4. The number of hydrogen-bond donors (Lipinski definition) is 2. The van der Waals surface area contributed by atoms with Gasteiger partial charge < -0.3 is 24.8 Å². The number of piperidine rings is 2. The van der Waals surface area contributed by atoms with Crippen LogP contribution >= 0.6 is 0 Å². The zero-order valence-electron chi connectivity index (χ0n) is 19.4. The summed E-state index contributed by atoms with van der Waals surface area (Å²) < 4.78 is 10.7. The summed E-state index contributed by atoms with van der Waals surface area (Å²) in [5.74, 6) is 2.46. The van der Waals surface area contributed by atoms with Gasteiger partial charge in [0.15, 0.2) is 17.4 Å². The van der Waals surface area contributed by atoms with E-state index in [9.17, 15) is 5.11 Å². The van der Waals surface area contributed by atoms with Gasteiger partial charge in [-0.3, -0.25) is 0 Å². The Morgan fingerprint density at radius 1 is 0.886 bits per heavy atom. The molecular weight excluding hydrogens is 444 g/mol. The van der Waals surface area contributed by atoms with Crippen LogP contribution in [-0.4, -0.2) is 56.2 Å². The smallest absolute Gasteiger partial charge is 0.260 e. The SMILES string of the molecule is Oc1cc(-c2cnc3c(c2)OCO3)ccc1-c1ncc(N(C2CC2)[C@@H]2C[C@H]3CCC[C@@H](C2)N3)nn1. The number of aromatic nitrogens is 4. The Hall–Kier alpha value is -3.46. The topological polar surface area (TPSA) is 106 Å². The van der Waals surface area contributed by atoms with Crippen molar-refractivity contribution in [3.8, 4) is 39.9 Å². The van der Waals surface area contributed by atoms with Gasteiger partial charge in [-0.05, 0) is 62.3 Å². The van der Waals surface area contributed by atoms with Crippen LogP contribution in [0.25, 0.3) is 22.5 Å². The number of pyridine rings is 1. The van der Waals surface area contributed by atoms with Crippen LogP contribution in [0.15, 0.2) is 36.7 Å². The normalized spacial score (nSPS) is 24.9. The molecule has 9 heteroatoms. The maximum absolute atomic E-state index is 10.8. The van der Waals surface area contributed by atoms with Gasteiger partial charge in [-0.2, -0.15) is 0 Å². The van der Waals surface area contributed by atoms with E-state index in [1.54, 1.807) is 12.3 Å². The molecule has 2 saturated heterocycles. The summed E-state index contributed by atoms with van der Waals surface area (Å²) in [7, 11) is 0. The van der Waals surface area contributed by atoms with E-state index in [4.69, 9.17) is 9.47 Å². The summed E-state index contributed by atoms with van der Waals surface area (Å²) in [5, 5.41) is 23.6. The summed E-state index contributed by atoms with van der Waals surface area (Å²) in [6.45, 7) is 0.174. The van der Waals surface area contributed by atoms with Gasteiger partial charge >= 0.3 is 0 Å². The Balaban J connectivity index is 1.13. The van der Waals surface area contributed by atoms with Crippen molar-refractivity contribution in [2.24, 2.45) is 0 Å². The minimum Gasteiger partial charge on any atom is -0.507 e. The number of rotatable bonds is 5. The second-order valence-electron chi connectivity index (χ2n) is 10.1. The van der Waals surface area contributed by atoms with E-state index in [0.29, 0.717) is 47.2 Å². The van der Waals surface area contributed by atoms with E-state index >= 15 is 0 Å². The molecule has 0 radical (unpaired) electrons. The Kier molecular flexibility index (Phi) is 4.97. The van der Waals surface area contributed by atoms with Crippen molar-refractivity contribution in [3.63, 3.8) is 0 Å². The average Bonchev–Trinajstić information content (AvgIpc) is 3.59. The van der Waals surface area contributed by atoms with E-state index < -0.39 is 0 Å². The highest BCUT2D eigenvalue weighted by molar-refractivity contribution is 5.73. The summed E-state index contributed by atoms with van der Waals surface area (Å²) in [6.07, 6.45) is 12.1. The zero-order valence-corrected chi connectivity index (χ0v) is 19.4. The summed E-state index contributed by atoms with van der Waals surface area (Å²) in [6, 6.07) is 9.55. The van der Waals surface area contributed by atoms with Crippen LogP contribution in [0.1, 0.15) is 44.9 Å². The van der Waals surface area contributed by atoms with Crippen molar-refractivity contribution >= 4 is 5.82 Å². The van der Waals surface area contributed by atoms with Crippen LogP contribution in [-0.2, 0) is 0 Å². The predicted molar refractivity (Wildman–Crippen MR) is 129 cm³/mol. The Bertz CT molecular complexity index is 1240. The minimum absolute atomic E-state index is 0.0972. The monoisotopic (exact) mass is 472 g/mol. The lowest BCUT2D eigenvalue weighted by Gasteiger charge is -2.45. The maximum Gasteiger partial charge on any atom is 0.260 e. The van der Waals surface area contributed by atoms with E-state index in [0.717, 1.165) is 29.8 Å². The molecule has 0 spiro atoms. The molecule has 1 aliphatic carbocycles. The first kappa shape index (κ1) is 20.9. The van der Waals surface area contributed by atoms with Gasteiger partial charge in [-0.25, -0.2) is 9.97 Å². The van der Waals surface area contributed by atoms with Crippen LogP contribution < -0.4 is 19.7 Å². The van der Waals surface area contributed by atoms with E-state index in [-0.39, 0.29) is 12.5 Å². The summed E-state index contributed by atoms with van der Waals surface area (Å²) in [4.78, 5) is 11.4. The first-order valence-electron chi connectivity index (χ1n) is 12.5. The number of aromatic hydroxyl groups is 1. The third kappa shape index (κ3) is 3.93. The number of nitrogens with zero attached hydrogens (tertiary/aromatic N) is 5. The lowest BCUT2D eigenvalue weighted by molar-refractivity contribution is 0.171. The van der Waals surface area contributed by atoms with Gasteiger partial charge in [0.1, 0.15) is 5.75 Å². The van der Waals surface area contributed by atoms with Crippen molar-refractivity contribution in [2.45, 2.75) is 69.1 Å². The number of phenols is 1. The first-order valence-corrected chi connectivity index (χ1v) is 12.5. The predicted octanol–water partition coefficient (Wildman–Crippen LogP) is 3.68. The quantitative estimate of drug-likeness (QED) is 0.575. The number of hydrogen-bond acceptors (Lipinski definition) is 9. The lowest BCUT2D eigenvalue weighted by Crippen LogP contribution is -2.55. The minimum atomic E-state index is 0.0972. The molecule has 180 valence electrons. The molecule has 0 unspecified atom stereocenters. The largest absolute Gasteiger partial charge is 0.507 e. The number of nitrogens with one attached hydrogen (secondary N) is 1. The molecule has 1 aromatic carbocycles. The molecule has 2 N–H and O–H groups in total. The molecule has 3 aromatic rings. The fourth-order valence-electron chi connectivity index (χ4n) is 5.85. The second kappa shape index (κ2) is 8.34. The molecular formula is C26H28N6O3. The van der Waals surface area contributed by atoms with E-state index in [1.807, 2.05) is 24.4 Å². The van der Waals surface area contributed by atoms with Gasteiger partial charge in [0.2, 0.25) is 6.79 Å². The molecule has 3 fully saturated rings. The first-order chi connectivity index (χ1) is 17.2.